The number of rotatable bonds is 2. The van der Waals surface area contributed by atoms with E-state index >= 15 is 0 Å². The number of pyridine rings is 1. The first kappa shape index (κ1) is 10.1. The molecule has 1 N–H and O–H groups in total. The number of para-hydroxylation sites is 1. The summed E-state index contributed by atoms with van der Waals surface area (Å²) in [6, 6.07) is 9.65. The first-order chi connectivity index (χ1) is 8.38. The Balaban J connectivity index is 2.14. The van der Waals surface area contributed by atoms with Crippen LogP contribution < -0.4 is 0 Å². The minimum absolute atomic E-state index is 0.0869. The van der Waals surface area contributed by atoms with Crippen LogP contribution in [0, 0.1) is 0 Å². The molecule has 4 nitrogen and oxygen atoms in total. The molecule has 0 spiro atoms. The van der Waals surface area contributed by atoms with Gasteiger partial charge in [0.25, 0.3) is 6.29 Å². The topological polar surface area (TPSA) is 51.6 Å². The van der Waals surface area contributed by atoms with E-state index in [1.54, 1.807) is 0 Å². The lowest BCUT2D eigenvalue weighted by molar-refractivity contribution is -0.0291. The van der Waals surface area contributed by atoms with E-state index in [-0.39, 0.29) is 6.61 Å². The molecule has 2 heterocycles. The lowest BCUT2D eigenvalue weighted by Crippen LogP contribution is -2.06. The van der Waals surface area contributed by atoms with E-state index in [1.807, 2.05) is 30.3 Å². The van der Waals surface area contributed by atoms with Crippen LogP contribution in [0.15, 0.2) is 42.9 Å². The van der Waals surface area contributed by atoms with Gasteiger partial charge in [-0.2, -0.15) is 0 Å². The van der Waals surface area contributed by atoms with Gasteiger partial charge in [-0.05, 0) is 12.1 Å². The Morgan fingerprint density at radius 1 is 1.18 bits per heavy atom. The van der Waals surface area contributed by atoms with Gasteiger partial charge in [-0.25, -0.2) is 4.98 Å². The molecule has 2 aromatic rings. The van der Waals surface area contributed by atoms with Crippen molar-refractivity contribution in [2.75, 3.05) is 0 Å². The molecule has 3 rings (SSSR count). The average Bonchev–Trinajstić information content (AvgIpc) is 2.91. The van der Waals surface area contributed by atoms with Gasteiger partial charge in [-0.1, -0.05) is 18.2 Å². The predicted molar refractivity (Wildman–Crippen MR) is 61.7 cm³/mol. The first-order valence-corrected chi connectivity index (χ1v) is 5.34. The van der Waals surface area contributed by atoms with Gasteiger partial charge in [0.1, 0.15) is 18.2 Å². The fourth-order valence-electron chi connectivity index (χ4n) is 1.87. The van der Waals surface area contributed by atoms with Gasteiger partial charge in [0.05, 0.1) is 12.1 Å². The van der Waals surface area contributed by atoms with Crippen molar-refractivity contribution in [2.45, 2.75) is 12.9 Å². The van der Waals surface area contributed by atoms with Gasteiger partial charge >= 0.3 is 0 Å². The summed E-state index contributed by atoms with van der Waals surface area (Å²) in [5, 5.41) is 10.4. The van der Waals surface area contributed by atoms with E-state index in [2.05, 4.69) is 4.98 Å². The van der Waals surface area contributed by atoms with Crippen molar-refractivity contribution >= 4 is 10.9 Å². The molecule has 0 unspecified atom stereocenters. The number of hydrogen-bond acceptors (Lipinski definition) is 4. The highest BCUT2D eigenvalue weighted by Gasteiger charge is 2.21. The highest BCUT2D eigenvalue weighted by atomic mass is 16.7. The van der Waals surface area contributed by atoms with Crippen LogP contribution in [0.5, 0.6) is 0 Å². The van der Waals surface area contributed by atoms with Crippen LogP contribution >= 0.6 is 0 Å². The molecule has 0 atom stereocenters. The molecule has 17 heavy (non-hydrogen) atoms. The SMILES string of the molecule is OCc1cc2ccccc2nc1C1OC=CO1. The Morgan fingerprint density at radius 2 is 1.94 bits per heavy atom. The van der Waals surface area contributed by atoms with Gasteiger partial charge in [0.2, 0.25) is 0 Å². The molecule has 86 valence electrons. The number of aliphatic hydroxyl groups is 1. The van der Waals surface area contributed by atoms with E-state index in [0.29, 0.717) is 5.69 Å². The number of fused-ring (bicyclic) bond motifs is 1. The molecule has 1 aromatic heterocycles. The Morgan fingerprint density at radius 3 is 2.71 bits per heavy atom. The molecule has 0 radical (unpaired) electrons. The van der Waals surface area contributed by atoms with E-state index in [9.17, 15) is 5.11 Å². The maximum atomic E-state index is 9.37. The summed E-state index contributed by atoms with van der Waals surface area (Å²) in [7, 11) is 0. The van der Waals surface area contributed by atoms with Crippen molar-refractivity contribution in [3.8, 4) is 0 Å². The number of ether oxygens (including phenoxy) is 2. The normalized spacial score (nSPS) is 14.9. The fraction of sp³-hybridized carbons (Fsp3) is 0.154. The quantitative estimate of drug-likeness (QED) is 0.858. The summed E-state index contributed by atoms with van der Waals surface area (Å²) in [4.78, 5) is 4.48. The molecule has 0 bridgehead atoms. The van der Waals surface area contributed by atoms with Crippen LogP contribution in [0.3, 0.4) is 0 Å². The molecule has 0 amide bonds. The van der Waals surface area contributed by atoms with Crippen molar-refractivity contribution in [2.24, 2.45) is 0 Å². The second-order valence-corrected chi connectivity index (χ2v) is 3.76. The standard InChI is InChI=1S/C13H11NO3/c15-8-10-7-9-3-1-2-4-11(9)14-12(10)13-16-5-6-17-13/h1-7,13,15H,8H2. The second-order valence-electron chi connectivity index (χ2n) is 3.76. The molecule has 0 saturated heterocycles. The third kappa shape index (κ3) is 1.72. The molecular weight excluding hydrogens is 218 g/mol. The molecule has 0 saturated carbocycles. The highest BCUT2D eigenvalue weighted by Crippen LogP contribution is 2.27. The third-order valence-electron chi connectivity index (χ3n) is 2.69. The molecule has 0 aliphatic carbocycles. The van der Waals surface area contributed by atoms with Crippen LogP contribution in [-0.4, -0.2) is 10.1 Å². The lowest BCUT2D eigenvalue weighted by Gasteiger charge is -2.14. The molecule has 1 aromatic carbocycles. The van der Waals surface area contributed by atoms with Crippen LogP contribution in [0.1, 0.15) is 17.5 Å². The smallest absolute Gasteiger partial charge is 0.283 e. The lowest BCUT2D eigenvalue weighted by atomic mass is 10.1. The summed E-state index contributed by atoms with van der Waals surface area (Å²) in [5.74, 6) is 0. The molecular formula is C13H11NO3. The summed E-state index contributed by atoms with van der Waals surface area (Å²) < 4.78 is 10.5. The summed E-state index contributed by atoms with van der Waals surface area (Å²) in [5.41, 5.74) is 2.20. The zero-order valence-corrected chi connectivity index (χ0v) is 9.04. The van der Waals surface area contributed by atoms with Crippen molar-refractivity contribution in [3.63, 3.8) is 0 Å². The Bertz CT molecular complexity index is 572. The summed E-state index contributed by atoms with van der Waals surface area (Å²) >= 11 is 0. The number of benzene rings is 1. The number of hydrogen-bond donors (Lipinski definition) is 1. The van der Waals surface area contributed by atoms with Gasteiger partial charge < -0.3 is 14.6 Å². The van der Waals surface area contributed by atoms with Crippen LogP contribution in [0.2, 0.25) is 0 Å². The maximum absolute atomic E-state index is 9.37. The van der Waals surface area contributed by atoms with Gasteiger partial charge in [-0.15, -0.1) is 0 Å². The maximum Gasteiger partial charge on any atom is 0.283 e. The van der Waals surface area contributed by atoms with E-state index < -0.39 is 6.29 Å². The molecule has 1 aliphatic rings. The molecule has 1 aliphatic heterocycles. The van der Waals surface area contributed by atoms with E-state index in [0.717, 1.165) is 16.5 Å². The van der Waals surface area contributed by atoms with E-state index in [1.165, 1.54) is 12.5 Å². The summed E-state index contributed by atoms with van der Waals surface area (Å²) in [6.45, 7) is -0.0869. The number of aliphatic hydroxyl groups excluding tert-OH is 1. The van der Waals surface area contributed by atoms with Crippen LogP contribution in [0.4, 0.5) is 0 Å². The molecule has 4 heteroatoms. The third-order valence-corrected chi connectivity index (χ3v) is 2.69. The zero-order chi connectivity index (χ0) is 11.7. The largest absolute Gasteiger partial charge is 0.454 e. The Hall–Kier alpha value is -2.07. The van der Waals surface area contributed by atoms with Gasteiger partial charge in [-0.3, -0.25) is 0 Å². The number of nitrogens with zero attached hydrogens (tertiary/aromatic N) is 1. The fourth-order valence-corrected chi connectivity index (χ4v) is 1.87. The number of aromatic nitrogens is 1. The average molecular weight is 229 g/mol. The van der Waals surface area contributed by atoms with E-state index in [4.69, 9.17) is 9.47 Å². The van der Waals surface area contributed by atoms with Gasteiger partial charge in [0.15, 0.2) is 0 Å². The van der Waals surface area contributed by atoms with Crippen molar-refractivity contribution < 1.29 is 14.6 Å². The van der Waals surface area contributed by atoms with Crippen LogP contribution in [-0.2, 0) is 16.1 Å². The Kier molecular flexibility index (Phi) is 2.42. The monoisotopic (exact) mass is 229 g/mol. The predicted octanol–water partition coefficient (Wildman–Crippen LogP) is 2.24. The van der Waals surface area contributed by atoms with Crippen molar-refractivity contribution in [1.82, 2.24) is 4.98 Å². The molecule has 0 fully saturated rings. The minimum Gasteiger partial charge on any atom is -0.454 e. The van der Waals surface area contributed by atoms with Crippen LogP contribution in [0.25, 0.3) is 10.9 Å². The van der Waals surface area contributed by atoms with Crippen molar-refractivity contribution in [3.05, 3.63) is 54.1 Å². The van der Waals surface area contributed by atoms with Gasteiger partial charge in [0, 0.05) is 10.9 Å². The zero-order valence-electron chi connectivity index (χ0n) is 9.04. The second kappa shape index (κ2) is 4.07. The first-order valence-electron chi connectivity index (χ1n) is 5.34. The van der Waals surface area contributed by atoms with Crippen molar-refractivity contribution in [1.29, 1.82) is 0 Å². The minimum atomic E-state index is -0.554. The highest BCUT2D eigenvalue weighted by molar-refractivity contribution is 5.79. The summed E-state index contributed by atoms with van der Waals surface area (Å²) in [6.07, 6.45) is 2.40. The Labute approximate surface area is 98.1 Å².